The summed E-state index contributed by atoms with van der Waals surface area (Å²) in [4.78, 5) is 2.67. The molecule has 0 bridgehead atoms. The minimum atomic E-state index is 0.752. The van der Waals surface area contributed by atoms with Crippen molar-refractivity contribution in [1.82, 2.24) is 10.2 Å². The van der Waals surface area contributed by atoms with Crippen LogP contribution in [-0.2, 0) is 0 Å². The molecule has 0 heterocycles. The van der Waals surface area contributed by atoms with Crippen molar-refractivity contribution in [2.45, 2.75) is 52.5 Å². The quantitative estimate of drug-likeness (QED) is 0.591. The third-order valence-electron chi connectivity index (χ3n) is 3.39. The van der Waals surface area contributed by atoms with Crippen molar-refractivity contribution < 1.29 is 0 Å². The van der Waals surface area contributed by atoms with Gasteiger partial charge < -0.3 is 5.32 Å². The number of nitrogens with zero attached hydrogens (tertiary/aromatic N) is 1. The summed E-state index contributed by atoms with van der Waals surface area (Å²) in [7, 11) is 0. The van der Waals surface area contributed by atoms with Crippen LogP contribution in [0.4, 0.5) is 0 Å². The Kier molecular flexibility index (Phi) is 6.26. The molecule has 1 aliphatic rings. The lowest BCUT2D eigenvalue weighted by Gasteiger charge is -2.30. The first-order valence-electron chi connectivity index (χ1n) is 6.76. The fourth-order valence-electron chi connectivity index (χ4n) is 2.15. The highest BCUT2D eigenvalue weighted by molar-refractivity contribution is 4.81. The maximum Gasteiger partial charge on any atom is 0.0218 e. The van der Waals surface area contributed by atoms with Crippen molar-refractivity contribution in [2.24, 2.45) is 5.92 Å². The maximum atomic E-state index is 3.55. The van der Waals surface area contributed by atoms with Crippen LogP contribution in [0.25, 0.3) is 0 Å². The molecule has 0 amide bonds. The molecule has 0 spiro atoms. The Morgan fingerprint density at radius 2 is 2.00 bits per heavy atom. The molecule has 1 unspecified atom stereocenters. The van der Waals surface area contributed by atoms with Gasteiger partial charge in [0.25, 0.3) is 0 Å². The molecule has 15 heavy (non-hydrogen) atoms. The molecule has 0 aromatic rings. The van der Waals surface area contributed by atoms with Gasteiger partial charge in [-0.15, -0.1) is 0 Å². The van der Waals surface area contributed by atoms with Gasteiger partial charge in [0, 0.05) is 19.1 Å². The first-order valence-corrected chi connectivity index (χ1v) is 6.76. The fraction of sp³-hybridized carbons (Fsp3) is 1.00. The molecule has 1 N–H and O–H groups in total. The lowest BCUT2D eigenvalue weighted by atomic mass is 10.1. The van der Waals surface area contributed by atoms with E-state index in [1.165, 1.54) is 45.3 Å². The predicted octanol–water partition coefficient (Wildman–Crippen LogP) is 2.50. The van der Waals surface area contributed by atoms with E-state index in [0.717, 1.165) is 18.5 Å². The Labute approximate surface area is 95.4 Å². The van der Waals surface area contributed by atoms with E-state index in [1.807, 2.05) is 0 Å². The van der Waals surface area contributed by atoms with Gasteiger partial charge in [-0.3, -0.25) is 4.90 Å². The van der Waals surface area contributed by atoms with Gasteiger partial charge in [-0.25, -0.2) is 0 Å². The van der Waals surface area contributed by atoms with Crippen LogP contribution in [-0.4, -0.2) is 37.1 Å². The Morgan fingerprint density at radius 3 is 2.47 bits per heavy atom. The molecule has 0 saturated heterocycles. The van der Waals surface area contributed by atoms with E-state index in [1.54, 1.807) is 0 Å². The zero-order valence-corrected chi connectivity index (χ0v) is 10.8. The summed E-state index contributed by atoms with van der Waals surface area (Å²) in [5.74, 6) is 1.02. The van der Waals surface area contributed by atoms with Gasteiger partial charge in [0.1, 0.15) is 0 Å². The van der Waals surface area contributed by atoms with Crippen molar-refractivity contribution in [1.29, 1.82) is 0 Å². The molecule has 0 radical (unpaired) electrons. The molecular formula is C13H28N2. The minimum absolute atomic E-state index is 0.752. The SMILES string of the molecule is CCCNCC(CC)N(CC)CC1CC1. The van der Waals surface area contributed by atoms with Gasteiger partial charge in [0.2, 0.25) is 0 Å². The number of hydrogen-bond acceptors (Lipinski definition) is 2. The van der Waals surface area contributed by atoms with Crippen LogP contribution in [0.2, 0.25) is 0 Å². The molecule has 90 valence electrons. The molecule has 0 aromatic carbocycles. The number of hydrogen-bond donors (Lipinski definition) is 1. The summed E-state index contributed by atoms with van der Waals surface area (Å²) >= 11 is 0. The third kappa shape index (κ3) is 4.98. The standard InChI is InChI=1S/C13H28N2/c1-4-9-14-10-13(5-2)15(6-3)11-12-7-8-12/h12-14H,4-11H2,1-3H3. The van der Waals surface area contributed by atoms with Gasteiger partial charge in [0.15, 0.2) is 0 Å². The molecule has 1 saturated carbocycles. The largest absolute Gasteiger partial charge is 0.315 e. The first-order chi connectivity index (χ1) is 7.31. The van der Waals surface area contributed by atoms with Crippen molar-refractivity contribution in [3.8, 4) is 0 Å². The lowest BCUT2D eigenvalue weighted by Crippen LogP contribution is -2.43. The van der Waals surface area contributed by atoms with Gasteiger partial charge >= 0.3 is 0 Å². The third-order valence-corrected chi connectivity index (χ3v) is 3.39. The van der Waals surface area contributed by atoms with Crippen LogP contribution < -0.4 is 5.32 Å². The number of likely N-dealkylation sites (N-methyl/N-ethyl adjacent to an activating group) is 1. The van der Waals surface area contributed by atoms with Crippen LogP contribution in [0.15, 0.2) is 0 Å². The molecular weight excluding hydrogens is 184 g/mol. The normalized spacial score (nSPS) is 18.4. The monoisotopic (exact) mass is 212 g/mol. The van der Waals surface area contributed by atoms with Crippen LogP contribution in [0, 0.1) is 5.92 Å². The Morgan fingerprint density at radius 1 is 1.27 bits per heavy atom. The average molecular weight is 212 g/mol. The topological polar surface area (TPSA) is 15.3 Å². The van der Waals surface area contributed by atoms with Gasteiger partial charge in [-0.2, -0.15) is 0 Å². The minimum Gasteiger partial charge on any atom is -0.315 e. The maximum absolute atomic E-state index is 3.55. The zero-order chi connectivity index (χ0) is 11.1. The highest BCUT2D eigenvalue weighted by Gasteiger charge is 2.26. The Hall–Kier alpha value is -0.0800. The van der Waals surface area contributed by atoms with Crippen LogP contribution in [0.5, 0.6) is 0 Å². The highest BCUT2D eigenvalue weighted by atomic mass is 15.2. The van der Waals surface area contributed by atoms with Crippen LogP contribution in [0.3, 0.4) is 0 Å². The predicted molar refractivity (Wildman–Crippen MR) is 67.2 cm³/mol. The van der Waals surface area contributed by atoms with E-state index < -0.39 is 0 Å². The van der Waals surface area contributed by atoms with Crippen molar-refractivity contribution >= 4 is 0 Å². The van der Waals surface area contributed by atoms with Crippen molar-refractivity contribution in [3.05, 3.63) is 0 Å². The fourth-order valence-corrected chi connectivity index (χ4v) is 2.15. The Bertz CT molecular complexity index is 155. The number of rotatable bonds is 9. The summed E-state index contributed by atoms with van der Waals surface area (Å²) in [5.41, 5.74) is 0. The molecule has 1 fully saturated rings. The zero-order valence-electron chi connectivity index (χ0n) is 10.8. The summed E-state index contributed by atoms with van der Waals surface area (Å²) in [6, 6.07) is 0.752. The smallest absolute Gasteiger partial charge is 0.0218 e. The van der Waals surface area contributed by atoms with Crippen molar-refractivity contribution in [2.75, 3.05) is 26.2 Å². The van der Waals surface area contributed by atoms with E-state index in [2.05, 4.69) is 31.0 Å². The second-order valence-electron chi connectivity index (χ2n) is 4.80. The molecule has 1 rings (SSSR count). The first kappa shape index (κ1) is 13.0. The summed E-state index contributed by atoms with van der Waals surface area (Å²) < 4.78 is 0. The van der Waals surface area contributed by atoms with E-state index in [9.17, 15) is 0 Å². The highest BCUT2D eigenvalue weighted by Crippen LogP contribution is 2.30. The molecule has 2 nitrogen and oxygen atoms in total. The second kappa shape index (κ2) is 7.24. The van der Waals surface area contributed by atoms with E-state index >= 15 is 0 Å². The molecule has 1 aliphatic carbocycles. The molecule has 2 heteroatoms. The number of nitrogens with one attached hydrogen (secondary N) is 1. The van der Waals surface area contributed by atoms with Gasteiger partial charge in [-0.05, 0) is 44.7 Å². The van der Waals surface area contributed by atoms with Crippen LogP contribution in [0.1, 0.15) is 46.5 Å². The average Bonchev–Trinajstić information content (AvgIpc) is 3.06. The van der Waals surface area contributed by atoms with E-state index in [4.69, 9.17) is 0 Å². The molecule has 0 aromatic heterocycles. The van der Waals surface area contributed by atoms with Crippen LogP contribution >= 0.6 is 0 Å². The molecule has 1 atom stereocenters. The van der Waals surface area contributed by atoms with E-state index in [-0.39, 0.29) is 0 Å². The summed E-state index contributed by atoms with van der Waals surface area (Å²) in [6.45, 7) is 11.7. The van der Waals surface area contributed by atoms with Gasteiger partial charge in [-0.1, -0.05) is 20.8 Å². The lowest BCUT2D eigenvalue weighted by molar-refractivity contribution is 0.188. The summed E-state index contributed by atoms with van der Waals surface area (Å²) in [5, 5.41) is 3.55. The van der Waals surface area contributed by atoms with E-state index in [0.29, 0.717) is 0 Å². The molecule has 0 aliphatic heterocycles. The second-order valence-corrected chi connectivity index (χ2v) is 4.80. The Balaban J connectivity index is 2.24. The summed E-state index contributed by atoms with van der Waals surface area (Å²) in [6.07, 6.45) is 5.45. The van der Waals surface area contributed by atoms with Gasteiger partial charge in [0.05, 0.1) is 0 Å². The van der Waals surface area contributed by atoms with Crippen molar-refractivity contribution in [3.63, 3.8) is 0 Å².